The van der Waals surface area contributed by atoms with Crippen LogP contribution in [-0.2, 0) is 11.2 Å². The van der Waals surface area contributed by atoms with Crippen LogP contribution in [0.2, 0.25) is 0 Å². The van der Waals surface area contributed by atoms with Crippen molar-refractivity contribution in [3.05, 3.63) is 64.6 Å². The Morgan fingerprint density at radius 1 is 1.12 bits per heavy atom. The van der Waals surface area contributed by atoms with E-state index in [1.807, 2.05) is 20.8 Å². The largest absolute Gasteiger partial charge is 0.358 e. The molecule has 3 N–H and O–H groups in total. The Kier molecular flexibility index (Phi) is 4.52. The predicted octanol–water partition coefficient (Wildman–Crippen LogP) is 2.49. The number of carbonyl (C=O) groups is 2. The van der Waals surface area contributed by atoms with Crippen molar-refractivity contribution in [3.63, 3.8) is 0 Å². The van der Waals surface area contributed by atoms with E-state index in [-0.39, 0.29) is 18.0 Å². The third kappa shape index (κ3) is 3.52. The number of nitrogens with zero attached hydrogens (tertiary/aromatic N) is 1. The monoisotopic (exact) mass is 336 g/mol. The summed E-state index contributed by atoms with van der Waals surface area (Å²) in [6.07, 6.45) is 1.70. The van der Waals surface area contributed by atoms with Gasteiger partial charge in [-0.3, -0.25) is 25.4 Å². The predicted molar refractivity (Wildman–Crippen MR) is 96.1 cm³/mol. The van der Waals surface area contributed by atoms with Crippen molar-refractivity contribution in [3.8, 4) is 0 Å². The minimum atomic E-state index is -0.448. The van der Waals surface area contributed by atoms with Crippen LogP contribution in [0.5, 0.6) is 0 Å². The highest BCUT2D eigenvalue weighted by atomic mass is 16.2. The number of nitrogens with one attached hydrogen (secondary N) is 3. The number of aromatic nitrogens is 2. The zero-order chi connectivity index (χ0) is 18.0. The number of H-pyrrole nitrogens is 1. The van der Waals surface area contributed by atoms with E-state index >= 15 is 0 Å². The van der Waals surface area contributed by atoms with Gasteiger partial charge < -0.3 is 4.98 Å². The van der Waals surface area contributed by atoms with Crippen LogP contribution in [0, 0.1) is 20.8 Å². The first-order valence-corrected chi connectivity index (χ1v) is 8.04. The highest BCUT2D eigenvalue weighted by Gasteiger charge is 2.15. The van der Waals surface area contributed by atoms with Gasteiger partial charge in [0.15, 0.2) is 0 Å². The third-order valence-corrected chi connectivity index (χ3v) is 4.12. The molecule has 0 saturated carbocycles. The normalized spacial score (nSPS) is 10.7. The Labute approximate surface area is 145 Å². The molecule has 2 amide bonds. The number of benzene rings is 1. The van der Waals surface area contributed by atoms with Crippen molar-refractivity contribution < 1.29 is 9.59 Å². The molecule has 0 saturated heterocycles. The third-order valence-electron chi connectivity index (χ3n) is 4.12. The second-order valence-electron chi connectivity index (χ2n) is 6.13. The second-order valence-corrected chi connectivity index (χ2v) is 6.13. The molecule has 0 fully saturated rings. The van der Waals surface area contributed by atoms with Gasteiger partial charge in [-0.2, -0.15) is 0 Å². The first-order chi connectivity index (χ1) is 12.0. The molecule has 3 aromatic rings. The molecule has 1 aromatic carbocycles. The molecule has 0 unspecified atom stereocenters. The van der Waals surface area contributed by atoms with Crippen LogP contribution in [-0.4, -0.2) is 21.8 Å². The van der Waals surface area contributed by atoms with E-state index < -0.39 is 5.91 Å². The summed E-state index contributed by atoms with van der Waals surface area (Å²) >= 11 is 0. The fraction of sp³-hybridized carbons (Fsp3) is 0.211. The number of amides is 2. The van der Waals surface area contributed by atoms with Crippen molar-refractivity contribution in [2.75, 3.05) is 0 Å². The number of rotatable bonds is 3. The molecule has 0 spiro atoms. The average molecular weight is 336 g/mol. The summed E-state index contributed by atoms with van der Waals surface area (Å²) in [5.74, 6) is -0.733. The molecule has 0 aliphatic heterocycles. The highest BCUT2D eigenvalue weighted by molar-refractivity contribution is 5.95. The first kappa shape index (κ1) is 16.7. The lowest BCUT2D eigenvalue weighted by molar-refractivity contribution is -0.121. The second kappa shape index (κ2) is 6.76. The fourth-order valence-electron chi connectivity index (χ4n) is 2.96. The van der Waals surface area contributed by atoms with Gasteiger partial charge in [-0.05, 0) is 50.1 Å². The van der Waals surface area contributed by atoms with Crippen LogP contribution in [0.4, 0.5) is 0 Å². The SMILES string of the molecule is Cc1cc(C)c2[nH]c(C)c(CC(=O)NNC(=O)c3ccccn3)c2c1. The molecule has 6 heteroatoms. The van der Waals surface area contributed by atoms with Crippen LogP contribution in [0.25, 0.3) is 10.9 Å². The van der Waals surface area contributed by atoms with Gasteiger partial charge in [0, 0.05) is 22.8 Å². The molecular weight excluding hydrogens is 316 g/mol. The molecule has 3 rings (SSSR count). The number of aryl methyl sites for hydroxylation is 3. The van der Waals surface area contributed by atoms with Crippen LogP contribution in [0.3, 0.4) is 0 Å². The van der Waals surface area contributed by atoms with Gasteiger partial charge in [-0.25, -0.2) is 0 Å². The maximum Gasteiger partial charge on any atom is 0.288 e. The maximum absolute atomic E-state index is 12.3. The molecule has 128 valence electrons. The zero-order valence-electron chi connectivity index (χ0n) is 14.4. The number of aromatic amines is 1. The summed E-state index contributed by atoms with van der Waals surface area (Å²) in [7, 11) is 0. The Morgan fingerprint density at radius 2 is 1.92 bits per heavy atom. The average Bonchev–Trinajstić information content (AvgIpc) is 2.90. The van der Waals surface area contributed by atoms with E-state index in [0.29, 0.717) is 0 Å². The molecule has 0 radical (unpaired) electrons. The van der Waals surface area contributed by atoms with E-state index in [0.717, 1.165) is 33.3 Å². The van der Waals surface area contributed by atoms with Gasteiger partial charge in [0.1, 0.15) is 5.69 Å². The topological polar surface area (TPSA) is 86.9 Å². The molecule has 0 aliphatic carbocycles. The van der Waals surface area contributed by atoms with Crippen LogP contribution in [0.15, 0.2) is 36.5 Å². The summed E-state index contributed by atoms with van der Waals surface area (Å²) in [6.45, 7) is 6.03. The Bertz CT molecular complexity index is 945. The molecule has 2 aromatic heterocycles. The van der Waals surface area contributed by atoms with Gasteiger partial charge in [0.05, 0.1) is 6.42 Å². The van der Waals surface area contributed by atoms with E-state index in [1.165, 1.54) is 6.20 Å². The Morgan fingerprint density at radius 3 is 2.64 bits per heavy atom. The lowest BCUT2D eigenvalue weighted by atomic mass is 10.0. The maximum atomic E-state index is 12.3. The summed E-state index contributed by atoms with van der Waals surface area (Å²) in [5.41, 5.74) is 10.3. The van der Waals surface area contributed by atoms with Gasteiger partial charge >= 0.3 is 0 Å². The van der Waals surface area contributed by atoms with Gasteiger partial charge in [-0.1, -0.05) is 17.7 Å². The fourth-order valence-corrected chi connectivity index (χ4v) is 2.96. The van der Waals surface area contributed by atoms with Gasteiger partial charge in [0.2, 0.25) is 5.91 Å². The minimum Gasteiger partial charge on any atom is -0.358 e. The quantitative estimate of drug-likeness (QED) is 0.642. The number of pyridine rings is 1. The molecule has 2 heterocycles. The van der Waals surface area contributed by atoms with Crippen molar-refractivity contribution in [2.45, 2.75) is 27.2 Å². The lowest BCUT2D eigenvalue weighted by Gasteiger charge is -2.07. The number of fused-ring (bicyclic) bond motifs is 1. The number of carbonyl (C=O) groups excluding carboxylic acids is 2. The summed E-state index contributed by atoms with van der Waals surface area (Å²) in [6, 6.07) is 9.19. The molecule has 0 bridgehead atoms. The van der Waals surface area contributed by atoms with Gasteiger partial charge in [-0.15, -0.1) is 0 Å². The highest BCUT2D eigenvalue weighted by Crippen LogP contribution is 2.26. The van der Waals surface area contributed by atoms with E-state index in [9.17, 15) is 9.59 Å². The van der Waals surface area contributed by atoms with Gasteiger partial charge in [0.25, 0.3) is 5.91 Å². The number of hydrazine groups is 1. The zero-order valence-corrected chi connectivity index (χ0v) is 14.4. The Hall–Kier alpha value is -3.15. The first-order valence-electron chi connectivity index (χ1n) is 8.04. The van der Waals surface area contributed by atoms with Crippen LogP contribution >= 0.6 is 0 Å². The number of hydrogen-bond donors (Lipinski definition) is 3. The van der Waals surface area contributed by atoms with Crippen molar-refractivity contribution in [1.82, 2.24) is 20.8 Å². The summed E-state index contributed by atoms with van der Waals surface area (Å²) < 4.78 is 0. The molecule has 0 aliphatic rings. The molecule has 6 nitrogen and oxygen atoms in total. The van der Waals surface area contributed by atoms with Crippen molar-refractivity contribution >= 4 is 22.7 Å². The van der Waals surface area contributed by atoms with Crippen molar-refractivity contribution in [1.29, 1.82) is 0 Å². The minimum absolute atomic E-state index is 0.178. The summed E-state index contributed by atoms with van der Waals surface area (Å²) in [5, 5.41) is 1.04. The van der Waals surface area contributed by atoms with Crippen LogP contribution < -0.4 is 10.9 Å². The van der Waals surface area contributed by atoms with E-state index in [1.54, 1.807) is 18.2 Å². The standard InChI is InChI=1S/C19H20N4O2/c1-11-8-12(2)18-15(9-11)14(13(3)21-18)10-17(24)22-23-19(25)16-6-4-5-7-20-16/h4-9,21H,10H2,1-3H3,(H,22,24)(H,23,25). The molecule has 0 atom stereocenters. The number of hydrogen-bond acceptors (Lipinski definition) is 3. The molecule has 25 heavy (non-hydrogen) atoms. The summed E-state index contributed by atoms with van der Waals surface area (Å²) in [4.78, 5) is 31.5. The van der Waals surface area contributed by atoms with Crippen LogP contribution in [0.1, 0.15) is 32.9 Å². The van der Waals surface area contributed by atoms with E-state index in [4.69, 9.17) is 0 Å². The molecular formula is C19H20N4O2. The smallest absolute Gasteiger partial charge is 0.288 e. The van der Waals surface area contributed by atoms with E-state index in [2.05, 4.69) is 33.0 Å². The van der Waals surface area contributed by atoms with Crippen molar-refractivity contribution in [2.24, 2.45) is 0 Å². The lowest BCUT2D eigenvalue weighted by Crippen LogP contribution is -2.42. The Balaban J connectivity index is 1.72.